The van der Waals surface area contributed by atoms with Gasteiger partial charge in [-0.3, -0.25) is 4.68 Å². The minimum absolute atomic E-state index is 0.203. The molecule has 0 aromatic carbocycles. The zero-order chi connectivity index (χ0) is 10.9. The Kier molecular flexibility index (Phi) is 3.29. The first-order chi connectivity index (χ1) is 6.35. The molecule has 0 aliphatic carbocycles. The van der Waals surface area contributed by atoms with Crippen molar-refractivity contribution in [2.75, 3.05) is 0 Å². The number of rotatable bonds is 3. The zero-order valence-electron chi connectivity index (χ0n) is 7.90. The van der Waals surface area contributed by atoms with Gasteiger partial charge in [0, 0.05) is 12.7 Å². The molecule has 0 saturated carbocycles. The van der Waals surface area contributed by atoms with Crippen LogP contribution >= 0.6 is 15.9 Å². The molecular weight excluding hydrogens is 260 g/mol. The molecule has 1 heterocycles. The van der Waals surface area contributed by atoms with E-state index in [1.54, 1.807) is 0 Å². The van der Waals surface area contributed by atoms with Crippen LogP contribution in [-0.4, -0.2) is 16.8 Å². The van der Waals surface area contributed by atoms with Crippen LogP contribution in [0, 0.1) is 0 Å². The lowest BCUT2D eigenvalue weighted by molar-refractivity contribution is 0.463. The standard InChI is InChI=1S/C7H10BBrF3N2/c1-3-5-7(9)6(14(2)13-5)4-8(10,11)12/h3-4H2,1-2H3/q-1. The van der Waals surface area contributed by atoms with Crippen molar-refractivity contribution in [1.82, 2.24) is 9.78 Å². The van der Waals surface area contributed by atoms with E-state index in [-0.39, 0.29) is 5.69 Å². The first-order valence-electron chi connectivity index (χ1n) is 4.26. The molecule has 0 saturated heterocycles. The Labute approximate surface area is 88.7 Å². The molecule has 0 amide bonds. The van der Waals surface area contributed by atoms with Gasteiger partial charge in [0.1, 0.15) is 0 Å². The van der Waals surface area contributed by atoms with Gasteiger partial charge in [-0.05, 0) is 28.7 Å². The molecule has 0 spiro atoms. The van der Waals surface area contributed by atoms with E-state index < -0.39 is 13.3 Å². The molecule has 0 unspecified atom stereocenters. The van der Waals surface area contributed by atoms with Gasteiger partial charge in [-0.1, -0.05) is 6.92 Å². The Bertz CT molecular complexity index is 334. The van der Waals surface area contributed by atoms with Crippen molar-refractivity contribution in [3.05, 3.63) is 15.9 Å². The average Bonchev–Trinajstić information content (AvgIpc) is 2.29. The normalized spacial score (nSPS) is 12.1. The van der Waals surface area contributed by atoms with E-state index in [0.717, 1.165) is 0 Å². The molecule has 14 heavy (non-hydrogen) atoms. The maximum Gasteiger partial charge on any atom is 0.484 e. The highest BCUT2D eigenvalue weighted by molar-refractivity contribution is 9.10. The second-order valence-corrected chi connectivity index (χ2v) is 3.89. The Morgan fingerprint density at radius 3 is 2.36 bits per heavy atom. The van der Waals surface area contributed by atoms with Crippen LogP contribution in [0.1, 0.15) is 18.3 Å². The summed E-state index contributed by atoms with van der Waals surface area (Å²) in [6, 6.07) is 0. The van der Waals surface area contributed by atoms with Crippen molar-refractivity contribution in [3.8, 4) is 0 Å². The Balaban J connectivity index is 3.03. The fourth-order valence-electron chi connectivity index (χ4n) is 1.26. The van der Waals surface area contributed by atoms with Crippen molar-refractivity contribution in [1.29, 1.82) is 0 Å². The number of aromatic nitrogens is 2. The smallest absolute Gasteiger partial charge is 0.449 e. The highest BCUT2D eigenvalue weighted by Crippen LogP contribution is 2.26. The summed E-state index contributed by atoms with van der Waals surface area (Å²) in [4.78, 5) is 0. The molecule has 0 aliphatic heterocycles. The molecule has 0 fully saturated rings. The molecule has 0 radical (unpaired) electrons. The fourth-order valence-corrected chi connectivity index (χ4v) is 2.04. The van der Waals surface area contributed by atoms with Gasteiger partial charge in [0.15, 0.2) is 0 Å². The number of hydrogen-bond acceptors (Lipinski definition) is 1. The molecule has 1 rings (SSSR count). The van der Waals surface area contributed by atoms with Crippen LogP contribution in [0.2, 0.25) is 0 Å². The third kappa shape index (κ3) is 2.53. The van der Waals surface area contributed by atoms with E-state index in [9.17, 15) is 12.9 Å². The quantitative estimate of drug-likeness (QED) is 0.772. The van der Waals surface area contributed by atoms with Crippen LogP contribution in [-0.2, 0) is 19.8 Å². The van der Waals surface area contributed by atoms with Crippen molar-refractivity contribution in [2.45, 2.75) is 19.7 Å². The van der Waals surface area contributed by atoms with E-state index in [0.29, 0.717) is 16.6 Å². The largest absolute Gasteiger partial charge is 0.484 e. The average molecular weight is 270 g/mol. The van der Waals surface area contributed by atoms with Crippen LogP contribution in [0.25, 0.3) is 0 Å². The zero-order valence-corrected chi connectivity index (χ0v) is 9.48. The van der Waals surface area contributed by atoms with E-state index >= 15 is 0 Å². The van der Waals surface area contributed by atoms with Gasteiger partial charge in [0.2, 0.25) is 0 Å². The van der Waals surface area contributed by atoms with Gasteiger partial charge in [-0.25, -0.2) is 0 Å². The topological polar surface area (TPSA) is 17.8 Å². The molecule has 1 aromatic rings. The van der Waals surface area contributed by atoms with E-state index in [2.05, 4.69) is 21.0 Å². The number of aryl methyl sites for hydroxylation is 2. The molecule has 0 bridgehead atoms. The summed E-state index contributed by atoms with van der Waals surface area (Å²) in [6.45, 7) is -2.95. The second kappa shape index (κ2) is 3.96. The predicted octanol–water partition coefficient (Wildman–Crippen LogP) is 2.67. The predicted molar refractivity (Wildman–Crippen MR) is 53.1 cm³/mol. The molecule has 0 atom stereocenters. The molecule has 0 aliphatic rings. The van der Waals surface area contributed by atoms with Gasteiger partial charge in [-0.2, -0.15) is 5.10 Å². The Hall–Kier alpha value is -0.455. The lowest BCUT2D eigenvalue weighted by Crippen LogP contribution is -2.21. The van der Waals surface area contributed by atoms with Crippen LogP contribution in [0.15, 0.2) is 4.47 Å². The summed E-state index contributed by atoms with van der Waals surface area (Å²) in [5.41, 5.74) is 0.872. The van der Waals surface area contributed by atoms with Crippen LogP contribution in [0.4, 0.5) is 12.9 Å². The third-order valence-corrected chi connectivity index (χ3v) is 2.84. The Morgan fingerprint density at radius 2 is 2.00 bits per heavy atom. The highest BCUT2D eigenvalue weighted by atomic mass is 79.9. The van der Waals surface area contributed by atoms with Gasteiger partial charge >= 0.3 is 6.98 Å². The monoisotopic (exact) mass is 269 g/mol. The summed E-state index contributed by atoms with van der Waals surface area (Å²) < 4.78 is 38.4. The minimum Gasteiger partial charge on any atom is -0.449 e. The summed E-state index contributed by atoms with van der Waals surface area (Å²) in [5.74, 6) is 0. The van der Waals surface area contributed by atoms with Crippen LogP contribution < -0.4 is 0 Å². The number of halogens is 4. The molecule has 1 aromatic heterocycles. The summed E-state index contributed by atoms with van der Waals surface area (Å²) in [5, 5.41) is 3.99. The summed E-state index contributed by atoms with van der Waals surface area (Å²) in [6.07, 6.45) is -0.261. The molecule has 0 N–H and O–H groups in total. The van der Waals surface area contributed by atoms with Gasteiger partial charge in [0.05, 0.1) is 10.2 Å². The summed E-state index contributed by atoms with van der Waals surface area (Å²) >= 11 is 3.14. The maximum atomic E-state index is 12.2. The third-order valence-electron chi connectivity index (χ3n) is 1.93. The van der Waals surface area contributed by atoms with Gasteiger partial charge < -0.3 is 12.9 Å². The SMILES string of the molecule is CCc1nn(C)c(C[B-](F)(F)F)c1Br. The molecular formula is C7H10BBrF3N2-. The number of nitrogens with zero attached hydrogens (tertiary/aromatic N) is 2. The van der Waals surface area contributed by atoms with Crippen molar-refractivity contribution in [3.63, 3.8) is 0 Å². The number of hydrogen-bond donors (Lipinski definition) is 0. The second-order valence-electron chi connectivity index (χ2n) is 3.10. The summed E-state index contributed by atoms with van der Waals surface area (Å²) in [7, 11) is 1.53. The van der Waals surface area contributed by atoms with Crippen molar-refractivity contribution < 1.29 is 12.9 Å². The molecule has 2 nitrogen and oxygen atoms in total. The lowest BCUT2D eigenvalue weighted by Gasteiger charge is -2.13. The fraction of sp³-hybridized carbons (Fsp3) is 0.571. The van der Waals surface area contributed by atoms with E-state index in [1.165, 1.54) is 11.7 Å². The van der Waals surface area contributed by atoms with E-state index in [4.69, 9.17) is 0 Å². The van der Waals surface area contributed by atoms with Crippen molar-refractivity contribution >= 4 is 22.9 Å². The first-order valence-corrected chi connectivity index (χ1v) is 5.05. The van der Waals surface area contributed by atoms with Crippen LogP contribution in [0.5, 0.6) is 0 Å². The lowest BCUT2D eigenvalue weighted by atomic mass is 9.84. The molecule has 80 valence electrons. The van der Waals surface area contributed by atoms with Crippen molar-refractivity contribution in [2.24, 2.45) is 7.05 Å². The van der Waals surface area contributed by atoms with Crippen LogP contribution in [0.3, 0.4) is 0 Å². The highest BCUT2D eigenvalue weighted by Gasteiger charge is 2.27. The molecule has 7 heteroatoms. The van der Waals surface area contributed by atoms with Gasteiger partial charge in [0.25, 0.3) is 0 Å². The first kappa shape index (κ1) is 11.6. The Morgan fingerprint density at radius 1 is 1.43 bits per heavy atom. The van der Waals surface area contributed by atoms with Gasteiger partial charge in [-0.15, -0.1) is 0 Å². The van der Waals surface area contributed by atoms with E-state index in [1.807, 2.05) is 6.92 Å². The maximum absolute atomic E-state index is 12.2. The minimum atomic E-state index is -4.80.